The van der Waals surface area contributed by atoms with Gasteiger partial charge >= 0.3 is 0 Å². The minimum atomic E-state index is -0.439. The lowest BCUT2D eigenvalue weighted by Gasteiger charge is -2.17. The SMILES string of the molecule is COc1ccc(-c2nn(-c3ccccc3)cc2/C=C/C(=O)c2ccc(OCc3ccccc3)c3c2OC(C)(C)C3)cc1. The van der Waals surface area contributed by atoms with E-state index in [9.17, 15) is 4.79 Å². The summed E-state index contributed by atoms with van der Waals surface area (Å²) in [5, 5.41) is 4.86. The Bertz CT molecular complexity index is 1740. The number of nitrogens with zero attached hydrogens (tertiary/aromatic N) is 2. The van der Waals surface area contributed by atoms with Crippen LogP contribution in [0.3, 0.4) is 0 Å². The minimum Gasteiger partial charge on any atom is -0.497 e. The molecule has 4 aromatic carbocycles. The van der Waals surface area contributed by atoms with Crippen molar-refractivity contribution in [2.45, 2.75) is 32.5 Å². The monoisotopic (exact) mass is 556 g/mol. The van der Waals surface area contributed by atoms with Gasteiger partial charge in [0, 0.05) is 29.3 Å². The molecule has 0 saturated heterocycles. The quantitative estimate of drug-likeness (QED) is 0.137. The van der Waals surface area contributed by atoms with E-state index in [0.717, 1.165) is 45.1 Å². The summed E-state index contributed by atoms with van der Waals surface area (Å²) in [7, 11) is 1.64. The van der Waals surface area contributed by atoms with Crippen molar-refractivity contribution in [1.82, 2.24) is 9.78 Å². The van der Waals surface area contributed by atoms with Gasteiger partial charge in [-0.05, 0) is 80.1 Å². The Labute approximate surface area is 245 Å². The fraction of sp³-hybridized carbons (Fsp3) is 0.167. The van der Waals surface area contributed by atoms with Gasteiger partial charge in [0.1, 0.15) is 29.5 Å². The first-order valence-corrected chi connectivity index (χ1v) is 13.9. The third-order valence-corrected chi connectivity index (χ3v) is 7.24. The molecule has 42 heavy (non-hydrogen) atoms. The van der Waals surface area contributed by atoms with E-state index in [1.807, 2.05) is 122 Å². The number of fused-ring (bicyclic) bond motifs is 1. The van der Waals surface area contributed by atoms with Crippen molar-refractivity contribution in [3.05, 3.63) is 132 Å². The molecule has 0 radical (unpaired) electrons. The van der Waals surface area contributed by atoms with E-state index >= 15 is 0 Å². The number of carbonyl (C=O) groups excluding carboxylic acids is 1. The fourth-order valence-corrected chi connectivity index (χ4v) is 5.15. The zero-order valence-electron chi connectivity index (χ0n) is 23.9. The number of hydrogen-bond acceptors (Lipinski definition) is 5. The summed E-state index contributed by atoms with van der Waals surface area (Å²) >= 11 is 0. The Balaban J connectivity index is 1.32. The molecule has 0 fully saturated rings. The zero-order valence-corrected chi connectivity index (χ0v) is 23.9. The maximum atomic E-state index is 13.6. The lowest BCUT2D eigenvalue weighted by molar-refractivity contribution is 0.103. The lowest BCUT2D eigenvalue weighted by atomic mass is 9.98. The number of aromatic nitrogens is 2. The second kappa shape index (κ2) is 11.4. The van der Waals surface area contributed by atoms with E-state index in [0.29, 0.717) is 24.3 Å². The average Bonchev–Trinajstić information content (AvgIpc) is 3.60. The maximum Gasteiger partial charge on any atom is 0.189 e. The van der Waals surface area contributed by atoms with Crippen LogP contribution in [0.4, 0.5) is 0 Å². The number of ether oxygens (including phenoxy) is 3. The van der Waals surface area contributed by atoms with Gasteiger partial charge in [0.15, 0.2) is 5.78 Å². The standard InChI is InChI=1S/C36H32N2O4/c1-36(2)22-31-33(41-24-25-10-6-4-7-11-25)21-19-30(35(31)42-36)32(39)20-16-27-23-38(28-12-8-5-9-13-28)37-34(27)26-14-17-29(40-3)18-15-26/h4-21,23H,22,24H2,1-3H3/b20-16+. The molecule has 0 aliphatic carbocycles. The van der Waals surface area contributed by atoms with Crippen LogP contribution < -0.4 is 14.2 Å². The van der Waals surface area contributed by atoms with E-state index in [1.54, 1.807) is 19.3 Å². The van der Waals surface area contributed by atoms with Crippen molar-refractivity contribution in [1.29, 1.82) is 0 Å². The van der Waals surface area contributed by atoms with Gasteiger partial charge in [-0.2, -0.15) is 5.10 Å². The normalized spacial score (nSPS) is 13.5. The van der Waals surface area contributed by atoms with E-state index in [-0.39, 0.29) is 5.78 Å². The predicted molar refractivity (Wildman–Crippen MR) is 165 cm³/mol. The maximum absolute atomic E-state index is 13.6. The molecule has 1 aliphatic rings. The minimum absolute atomic E-state index is 0.147. The molecular formula is C36H32N2O4. The molecule has 0 saturated carbocycles. The highest BCUT2D eigenvalue weighted by Crippen LogP contribution is 2.43. The average molecular weight is 557 g/mol. The van der Waals surface area contributed by atoms with E-state index in [2.05, 4.69) is 0 Å². The van der Waals surface area contributed by atoms with Crippen molar-refractivity contribution in [3.8, 4) is 34.2 Å². The highest BCUT2D eigenvalue weighted by molar-refractivity contribution is 6.09. The zero-order chi connectivity index (χ0) is 29.1. The first-order valence-electron chi connectivity index (χ1n) is 13.9. The first-order chi connectivity index (χ1) is 20.4. The molecule has 0 spiro atoms. The molecular weight excluding hydrogens is 524 g/mol. The van der Waals surface area contributed by atoms with Gasteiger partial charge in [-0.25, -0.2) is 4.68 Å². The van der Waals surface area contributed by atoms with Crippen LogP contribution in [0.5, 0.6) is 17.2 Å². The lowest BCUT2D eigenvalue weighted by Crippen LogP contribution is -2.25. The molecule has 0 amide bonds. The number of hydrogen-bond donors (Lipinski definition) is 0. The van der Waals surface area contributed by atoms with E-state index < -0.39 is 5.60 Å². The summed E-state index contributed by atoms with van der Waals surface area (Å²) < 4.78 is 19.6. The molecule has 0 bridgehead atoms. The Kier molecular flexibility index (Phi) is 7.36. The van der Waals surface area contributed by atoms with Crippen LogP contribution in [0.1, 0.15) is 40.9 Å². The fourth-order valence-electron chi connectivity index (χ4n) is 5.15. The van der Waals surface area contributed by atoms with E-state index in [4.69, 9.17) is 19.3 Å². The summed E-state index contributed by atoms with van der Waals surface area (Å²) in [6.45, 7) is 4.49. The van der Waals surface area contributed by atoms with Gasteiger partial charge < -0.3 is 14.2 Å². The molecule has 0 atom stereocenters. The summed E-state index contributed by atoms with van der Waals surface area (Å²) in [5.74, 6) is 1.95. The molecule has 6 rings (SSSR count). The van der Waals surface area contributed by atoms with Crippen LogP contribution in [0.15, 0.2) is 109 Å². The molecule has 1 aromatic heterocycles. The third kappa shape index (κ3) is 5.70. The van der Waals surface area contributed by atoms with Gasteiger partial charge in [-0.1, -0.05) is 48.5 Å². The second-order valence-corrected chi connectivity index (χ2v) is 10.9. The molecule has 6 nitrogen and oxygen atoms in total. The highest BCUT2D eigenvalue weighted by Gasteiger charge is 2.35. The Morgan fingerprint density at radius 1 is 0.952 bits per heavy atom. The van der Waals surface area contributed by atoms with Crippen LogP contribution in [-0.4, -0.2) is 28.3 Å². The van der Waals surface area contributed by atoms with E-state index in [1.165, 1.54) is 0 Å². The Hall–Kier alpha value is -5.10. The molecule has 210 valence electrons. The number of methoxy groups -OCH3 is 1. The first kappa shape index (κ1) is 27.1. The molecule has 6 heteroatoms. The van der Waals surface area contributed by atoms with Gasteiger partial charge in [0.2, 0.25) is 0 Å². The molecule has 1 aliphatic heterocycles. The number of para-hydroxylation sites is 1. The van der Waals surface area contributed by atoms with Crippen LogP contribution in [0, 0.1) is 0 Å². The van der Waals surface area contributed by atoms with Crippen molar-refractivity contribution in [3.63, 3.8) is 0 Å². The number of rotatable bonds is 9. The highest BCUT2D eigenvalue weighted by atomic mass is 16.5. The Morgan fingerprint density at radius 3 is 2.38 bits per heavy atom. The Morgan fingerprint density at radius 2 is 1.67 bits per heavy atom. The van der Waals surface area contributed by atoms with Crippen molar-refractivity contribution < 1.29 is 19.0 Å². The van der Waals surface area contributed by atoms with Gasteiger partial charge in [-0.3, -0.25) is 4.79 Å². The topological polar surface area (TPSA) is 62.6 Å². The van der Waals surface area contributed by atoms with Gasteiger partial charge in [0.05, 0.1) is 24.1 Å². The summed E-state index contributed by atoms with van der Waals surface area (Å²) in [6.07, 6.45) is 6.00. The molecule has 5 aromatic rings. The van der Waals surface area contributed by atoms with Gasteiger partial charge in [0.25, 0.3) is 0 Å². The van der Waals surface area contributed by atoms with Crippen molar-refractivity contribution in [2.24, 2.45) is 0 Å². The molecule has 0 unspecified atom stereocenters. The van der Waals surface area contributed by atoms with Crippen LogP contribution in [0.25, 0.3) is 23.0 Å². The summed E-state index contributed by atoms with van der Waals surface area (Å²) in [6, 6.07) is 31.3. The molecule has 0 N–H and O–H groups in total. The van der Waals surface area contributed by atoms with Crippen LogP contribution >= 0.6 is 0 Å². The predicted octanol–water partition coefficient (Wildman–Crippen LogP) is 7.74. The number of benzene rings is 4. The number of carbonyl (C=O) groups is 1. The summed E-state index contributed by atoms with van der Waals surface area (Å²) in [4.78, 5) is 13.6. The van der Waals surface area contributed by atoms with Crippen LogP contribution in [0.2, 0.25) is 0 Å². The van der Waals surface area contributed by atoms with Crippen molar-refractivity contribution >= 4 is 11.9 Å². The van der Waals surface area contributed by atoms with Gasteiger partial charge in [-0.15, -0.1) is 0 Å². The number of ketones is 1. The van der Waals surface area contributed by atoms with Crippen molar-refractivity contribution in [2.75, 3.05) is 7.11 Å². The number of allylic oxidation sites excluding steroid dienone is 1. The summed E-state index contributed by atoms with van der Waals surface area (Å²) in [5.41, 5.74) is 5.51. The third-order valence-electron chi connectivity index (χ3n) is 7.24. The van der Waals surface area contributed by atoms with Crippen LogP contribution in [-0.2, 0) is 13.0 Å². The largest absolute Gasteiger partial charge is 0.497 e. The molecule has 2 heterocycles. The smallest absolute Gasteiger partial charge is 0.189 e. The second-order valence-electron chi connectivity index (χ2n) is 10.9.